The second kappa shape index (κ2) is 5.52. The van der Waals surface area contributed by atoms with E-state index in [0.717, 1.165) is 22.3 Å². The number of rotatable bonds is 4. The molecule has 0 fully saturated rings. The van der Waals surface area contributed by atoms with Crippen molar-refractivity contribution in [2.24, 2.45) is 0 Å². The molecule has 1 aromatic carbocycles. The van der Waals surface area contributed by atoms with Crippen LogP contribution >= 0.6 is 0 Å². The zero-order valence-corrected chi connectivity index (χ0v) is 13.9. The van der Waals surface area contributed by atoms with E-state index in [9.17, 15) is 8.42 Å². The SMILES string of the molecule is CCn1ccc(NS(=O)(=O)c2c(C)c(C)cc(C)c2C)n1. The smallest absolute Gasteiger partial charge is 0.263 e. The summed E-state index contributed by atoms with van der Waals surface area (Å²) in [6.45, 7) is 10.2. The van der Waals surface area contributed by atoms with Crippen LogP contribution in [0.5, 0.6) is 0 Å². The quantitative estimate of drug-likeness (QED) is 0.944. The fourth-order valence-electron chi connectivity index (χ4n) is 2.36. The monoisotopic (exact) mass is 307 g/mol. The van der Waals surface area contributed by atoms with Gasteiger partial charge >= 0.3 is 0 Å². The van der Waals surface area contributed by atoms with Crippen molar-refractivity contribution in [1.29, 1.82) is 0 Å². The Hall–Kier alpha value is -1.82. The molecule has 0 aliphatic rings. The van der Waals surface area contributed by atoms with Gasteiger partial charge in [0.25, 0.3) is 10.0 Å². The Morgan fingerprint density at radius 2 is 1.71 bits per heavy atom. The molecule has 0 saturated carbocycles. The van der Waals surface area contributed by atoms with E-state index < -0.39 is 10.0 Å². The number of hydrogen-bond acceptors (Lipinski definition) is 3. The molecule has 5 nitrogen and oxygen atoms in total. The molecule has 0 amide bonds. The maximum absolute atomic E-state index is 12.7. The number of aromatic nitrogens is 2. The second-order valence-electron chi connectivity index (χ2n) is 5.25. The molecule has 0 aliphatic carbocycles. The van der Waals surface area contributed by atoms with Crippen LogP contribution in [0.2, 0.25) is 0 Å². The highest BCUT2D eigenvalue weighted by Gasteiger charge is 2.22. The Bertz CT molecular complexity index is 750. The predicted molar refractivity (Wildman–Crippen MR) is 84.1 cm³/mol. The molecule has 114 valence electrons. The van der Waals surface area contributed by atoms with Gasteiger partial charge in [0.2, 0.25) is 0 Å². The zero-order valence-electron chi connectivity index (χ0n) is 13.1. The summed E-state index contributed by atoms with van der Waals surface area (Å²) in [5, 5.41) is 4.17. The molecular weight excluding hydrogens is 286 g/mol. The standard InChI is InChI=1S/C15H21N3O2S/c1-6-18-8-7-14(16-18)17-21(19,20)15-12(4)10(2)9-11(3)13(15)5/h7-9H,6H2,1-5H3,(H,16,17). The summed E-state index contributed by atoms with van der Waals surface area (Å²) >= 11 is 0. The lowest BCUT2D eigenvalue weighted by molar-refractivity contribution is 0.599. The molecule has 0 radical (unpaired) electrons. The first kappa shape index (κ1) is 15.6. The number of nitrogens with zero attached hydrogens (tertiary/aromatic N) is 2. The third-order valence-corrected chi connectivity index (χ3v) is 5.40. The third-order valence-electron chi connectivity index (χ3n) is 3.77. The molecule has 1 N–H and O–H groups in total. The van der Waals surface area contributed by atoms with Gasteiger partial charge in [-0.25, -0.2) is 8.42 Å². The van der Waals surface area contributed by atoms with Gasteiger partial charge in [0, 0.05) is 18.8 Å². The third kappa shape index (κ3) is 2.95. The minimum absolute atomic E-state index is 0.342. The first-order valence-electron chi connectivity index (χ1n) is 6.90. The molecule has 0 unspecified atom stereocenters. The number of nitrogens with one attached hydrogen (secondary N) is 1. The number of hydrogen-bond donors (Lipinski definition) is 1. The summed E-state index contributed by atoms with van der Waals surface area (Å²) in [7, 11) is -3.64. The van der Waals surface area contributed by atoms with E-state index in [1.807, 2.05) is 40.7 Å². The maximum atomic E-state index is 12.7. The van der Waals surface area contributed by atoms with Crippen LogP contribution in [-0.2, 0) is 16.6 Å². The molecule has 2 aromatic rings. The van der Waals surface area contributed by atoms with E-state index in [1.165, 1.54) is 0 Å². The van der Waals surface area contributed by atoms with Crippen LogP contribution in [-0.4, -0.2) is 18.2 Å². The lowest BCUT2D eigenvalue weighted by Crippen LogP contribution is -2.17. The molecule has 0 atom stereocenters. The van der Waals surface area contributed by atoms with Crippen molar-refractivity contribution >= 4 is 15.8 Å². The van der Waals surface area contributed by atoms with Gasteiger partial charge in [-0.15, -0.1) is 0 Å². The highest BCUT2D eigenvalue weighted by atomic mass is 32.2. The van der Waals surface area contributed by atoms with Gasteiger partial charge in [-0.05, 0) is 56.9 Å². The Morgan fingerprint density at radius 3 is 2.19 bits per heavy atom. The average Bonchev–Trinajstić information content (AvgIpc) is 2.83. The van der Waals surface area contributed by atoms with Gasteiger partial charge in [0.05, 0.1) is 4.90 Å². The number of benzene rings is 1. The van der Waals surface area contributed by atoms with Crippen molar-refractivity contribution in [3.63, 3.8) is 0 Å². The predicted octanol–water partition coefficient (Wildman–Crippen LogP) is 2.94. The average molecular weight is 307 g/mol. The molecule has 0 saturated heterocycles. The highest BCUT2D eigenvalue weighted by Crippen LogP contribution is 2.27. The van der Waals surface area contributed by atoms with Crippen LogP contribution in [0.4, 0.5) is 5.82 Å². The lowest BCUT2D eigenvalue weighted by atomic mass is 10.0. The van der Waals surface area contributed by atoms with E-state index in [4.69, 9.17) is 0 Å². The normalized spacial score (nSPS) is 11.7. The fourth-order valence-corrected chi connectivity index (χ4v) is 3.98. The molecule has 21 heavy (non-hydrogen) atoms. The van der Waals surface area contributed by atoms with Gasteiger partial charge in [-0.3, -0.25) is 9.40 Å². The molecule has 0 spiro atoms. The Labute approximate surface area is 126 Å². The van der Waals surface area contributed by atoms with Gasteiger partial charge in [0.1, 0.15) is 0 Å². The van der Waals surface area contributed by atoms with Crippen LogP contribution in [0, 0.1) is 27.7 Å². The number of aryl methyl sites for hydroxylation is 3. The van der Waals surface area contributed by atoms with Crippen molar-refractivity contribution < 1.29 is 8.42 Å². The topological polar surface area (TPSA) is 64.0 Å². The van der Waals surface area contributed by atoms with E-state index >= 15 is 0 Å². The molecule has 0 bridgehead atoms. The summed E-state index contributed by atoms with van der Waals surface area (Å²) in [4.78, 5) is 0.353. The van der Waals surface area contributed by atoms with Crippen LogP contribution in [0.1, 0.15) is 29.2 Å². The minimum atomic E-state index is -3.64. The Kier molecular flexibility index (Phi) is 4.09. The Morgan fingerprint density at radius 1 is 1.14 bits per heavy atom. The maximum Gasteiger partial charge on any atom is 0.263 e. The second-order valence-corrected chi connectivity index (χ2v) is 6.87. The van der Waals surface area contributed by atoms with Gasteiger partial charge in [-0.2, -0.15) is 5.10 Å². The molecular formula is C15H21N3O2S. The van der Waals surface area contributed by atoms with E-state index in [2.05, 4.69) is 9.82 Å². The van der Waals surface area contributed by atoms with Crippen molar-refractivity contribution in [1.82, 2.24) is 9.78 Å². The van der Waals surface area contributed by atoms with Crippen LogP contribution in [0.3, 0.4) is 0 Å². The largest absolute Gasteiger partial charge is 0.271 e. The summed E-state index contributed by atoms with van der Waals surface area (Å²) in [5.74, 6) is 0.342. The molecule has 2 rings (SSSR count). The van der Waals surface area contributed by atoms with Crippen molar-refractivity contribution in [3.8, 4) is 0 Å². The van der Waals surface area contributed by atoms with Crippen LogP contribution in [0.15, 0.2) is 23.2 Å². The van der Waals surface area contributed by atoms with Gasteiger partial charge in [-0.1, -0.05) is 6.07 Å². The van der Waals surface area contributed by atoms with Crippen molar-refractivity contribution in [3.05, 3.63) is 40.6 Å². The first-order valence-corrected chi connectivity index (χ1v) is 8.38. The van der Waals surface area contributed by atoms with Crippen molar-refractivity contribution in [2.75, 3.05) is 4.72 Å². The molecule has 0 aliphatic heterocycles. The zero-order chi connectivity index (χ0) is 15.8. The number of sulfonamides is 1. The number of anilines is 1. The molecule has 6 heteroatoms. The van der Waals surface area contributed by atoms with Gasteiger partial charge in [0.15, 0.2) is 5.82 Å². The summed E-state index contributed by atoms with van der Waals surface area (Å²) in [6, 6.07) is 3.67. The summed E-state index contributed by atoms with van der Waals surface area (Å²) < 4.78 is 29.6. The van der Waals surface area contributed by atoms with Crippen LogP contribution < -0.4 is 4.72 Å². The fraction of sp³-hybridized carbons (Fsp3) is 0.400. The van der Waals surface area contributed by atoms with Crippen molar-refractivity contribution in [2.45, 2.75) is 46.1 Å². The summed E-state index contributed by atoms with van der Waals surface area (Å²) in [5.41, 5.74) is 3.50. The molecule has 1 heterocycles. The summed E-state index contributed by atoms with van der Waals surface area (Å²) in [6.07, 6.45) is 1.75. The highest BCUT2D eigenvalue weighted by molar-refractivity contribution is 7.92. The first-order chi connectivity index (χ1) is 9.76. The molecule has 1 aromatic heterocycles. The minimum Gasteiger partial charge on any atom is -0.271 e. The van der Waals surface area contributed by atoms with Crippen LogP contribution in [0.25, 0.3) is 0 Å². The van der Waals surface area contributed by atoms with E-state index in [0.29, 0.717) is 17.3 Å². The lowest BCUT2D eigenvalue weighted by Gasteiger charge is -2.15. The van der Waals surface area contributed by atoms with E-state index in [1.54, 1.807) is 16.9 Å². The van der Waals surface area contributed by atoms with E-state index in [-0.39, 0.29) is 0 Å². The van der Waals surface area contributed by atoms with Gasteiger partial charge < -0.3 is 0 Å². The Balaban J connectivity index is 2.49.